The average Bonchev–Trinajstić information content (AvgIpc) is 2.28. The van der Waals surface area contributed by atoms with Gasteiger partial charge < -0.3 is 0 Å². The molecule has 1 aromatic carbocycles. The lowest BCUT2D eigenvalue weighted by atomic mass is 10.1. The SMILES string of the molecule is CNC(c1ccccc1)N(NC(C)C)NC(C)(C)C. The van der Waals surface area contributed by atoms with Crippen LogP contribution in [0.4, 0.5) is 0 Å². The summed E-state index contributed by atoms with van der Waals surface area (Å²) in [5, 5.41) is 5.40. The van der Waals surface area contributed by atoms with E-state index in [9.17, 15) is 0 Å². The normalized spacial score (nSPS) is 14.1. The molecule has 1 aromatic rings. The van der Waals surface area contributed by atoms with Crippen molar-refractivity contribution in [1.29, 1.82) is 0 Å². The summed E-state index contributed by atoms with van der Waals surface area (Å²) in [5.41, 5.74) is 8.15. The molecule has 1 atom stereocenters. The molecule has 0 saturated heterocycles. The molecule has 0 saturated carbocycles. The monoisotopic (exact) mass is 264 g/mol. The lowest BCUT2D eigenvalue weighted by molar-refractivity contribution is -0.00214. The summed E-state index contributed by atoms with van der Waals surface area (Å²) in [5.74, 6) is 0. The van der Waals surface area contributed by atoms with Gasteiger partial charge in [0.2, 0.25) is 0 Å². The highest BCUT2D eigenvalue weighted by Gasteiger charge is 2.23. The fourth-order valence-electron chi connectivity index (χ4n) is 1.89. The van der Waals surface area contributed by atoms with Crippen LogP contribution >= 0.6 is 0 Å². The Morgan fingerprint density at radius 2 is 1.63 bits per heavy atom. The van der Waals surface area contributed by atoms with E-state index in [1.165, 1.54) is 5.56 Å². The van der Waals surface area contributed by atoms with E-state index < -0.39 is 0 Å². The maximum atomic E-state index is 3.50. The van der Waals surface area contributed by atoms with Crippen molar-refractivity contribution in [3.8, 4) is 0 Å². The number of rotatable bonds is 6. The van der Waals surface area contributed by atoms with Crippen molar-refractivity contribution in [2.24, 2.45) is 0 Å². The van der Waals surface area contributed by atoms with Gasteiger partial charge in [-0.25, -0.2) is 10.9 Å². The first-order valence-electron chi connectivity index (χ1n) is 6.89. The predicted octanol–water partition coefficient (Wildman–Crippen LogP) is 2.42. The Labute approximate surface area is 117 Å². The zero-order chi connectivity index (χ0) is 14.5. The lowest BCUT2D eigenvalue weighted by Gasteiger charge is -2.38. The van der Waals surface area contributed by atoms with Gasteiger partial charge in [0.25, 0.3) is 0 Å². The van der Waals surface area contributed by atoms with Gasteiger partial charge in [-0.3, -0.25) is 5.32 Å². The Hall–Kier alpha value is -0.940. The largest absolute Gasteiger partial charge is 0.299 e. The van der Waals surface area contributed by atoms with Crippen molar-refractivity contribution in [3.63, 3.8) is 0 Å². The number of benzene rings is 1. The zero-order valence-corrected chi connectivity index (χ0v) is 13.0. The number of nitrogens with one attached hydrogen (secondary N) is 3. The van der Waals surface area contributed by atoms with Gasteiger partial charge in [-0.2, -0.15) is 5.12 Å². The molecule has 0 aliphatic heterocycles. The van der Waals surface area contributed by atoms with Gasteiger partial charge in [-0.05, 0) is 47.2 Å². The highest BCUT2D eigenvalue weighted by Crippen LogP contribution is 2.16. The summed E-state index contributed by atoms with van der Waals surface area (Å²) < 4.78 is 0. The van der Waals surface area contributed by atoms with Crippen molar-refractivity contribution in [1.82, 2.24) is 21.3 Å². The molecule has 19 heavy (non-hydrogen) atoms. The molecule has 108 valence electrons. The van der Waals surface area contributed by atoms with Crippen LogP contribution in [0.5, 0.6) is 0 Å². The summed E-state index contributed by atoms with van der Waals surface area (Å²) in [6.07, 6.45) is 0.0721. The molecule has 4 heteroatoms. The van der Waals surface area contributed by atoms with Crippen molar-refractivity contribution in [2.75, 3.05) is 7.05 Å². The first-order valence-corrected chi connectivity index (χ1v) is 6.89. The summed E-state index contributed by atoms with van der Waals surface area (Å²) in [4.78, 5) is 0. The highest BCUT2D eigenvalue weighted by atomic mass is 15.8. The first-order chi connectivity index (χ1) is 8.83. The van der Waals surface area contributed by atoms with Crippen LogP contribution in [-0.2, 0) is 0 Å². The minimum Gasteiger partial charge on any atom is -0.299 e. The number of nitrogens with zero attached hydrogens (tertiary/aromatic N) is 1. The quantitative estimate of drug-likeness (QED) is 0.545. The molecular formula is C15H28N4. The Morgan fingerprint density at radius 3 is 2.05 bits per heavy atom. The smallest absolute Gasteiger partial charge is 0.115 e. The number of hydrogen-bond acceptors (Lipinski definition) is 4. The van der Waals surface area contributed by atoms with Crippen molar-refractivity contribution in [3.05, 3.63) is 35.9 Å². The van der Waals surface area contributed by atoms with Crippen LogP contribution in [0.25, 0.3) is 0 Å². The Morgan fingerprint density at radius 1 is 1.05 bits per heavy atom. The molecule has 0 aliphatic rings. The summed E-state index contributed by atoms with van der Waals surface area (Å²) >= 11 is 0. The minimum absolute atomic E-state index is 0.00816. The van der Waals surface area contributed by atoms with Crippen molar-refractivity contribution < 1.29 is 0 Å². The maximum Gasteiger partial charge on any atom is 0.115 e. The third-order valence-electron chi connectivity index (χ3n) is 2.50. The van der Waals surface area contributed by atoms with Crippen LogP contribution in [0.15, 0.2) is 30.3 Å². The van der Waals surface area contributed by atoms with E-state index in [4.69, 9.17) is 0 Å². The van der Waals surface area contributed by atoms with Gasteiger partial charge in [-0.1, -0.05) is 30.3 Å². The molecule has 0 heterocycles. The topological polar surface area (TPSA) is 39.3 Å². The maximum absolute atomic E-state index is 3.50. The molecule has 1 unspecified atom stereocenters. The van der Waals surface area contributed by atoms with Crippen LogP contribution in [0.2, 0.25) is 0 Å². The molecule has 4 nitrogen and oxygen atoms in total. The van der Waals surface area contributed by atoms with Gasteiger partial charge in [0.1, 0.15) is 6.17 Å². The average molecular weight is 264 g/mol. The number of hydrogen-bond donors (Lipinski definition) is 3. The van der Waals surface area contributed by atoms with E-state index in [2.05, 4.69) is 80.2 Å². The first kappa shape index (κ1) is 16.1. The van der Waals surface area contributed by atoms with E-state index in [0.717, 1.165) is 0 Å². The van der Waals surface area contributed by atoms with Crippen molar-refractivity contribution >= 4 is 0 Å². The molecular weight excluding hydrogens is 236 g/mol. The highest BCUT2D eigenvalue weighted by molar-refractivity contribution is 5.18. The second kappa shape index (κ2) is 7.01. The standard InChI is InChI=1S/C15H28N4/c1-12(2)17-19(18-15(3,4)5)14(16-6)13-10-8-7-9-11-13/h7-12,14,16-18H,1-6H3. The van der Waals surface area contributed by atoms with Crippen LogP contribution < -0.4 is 16.2 Å². The molecule has 0 bridgehead atoms. The molecule has 0 aromatic heterocycles. The van der Waals surface area contributed by atoms with Gasteiger partial charge in [0.05, 0.1) is 0 Å². The predicted molar refractivity (Wildman–Crippen MR) is 81.2 cm³/mol. The van der Waals surface area contributed by atoms with Gasteiger partial charge in [0.15, 0.2) is 0 Å². The van der Waals surface area contributed by atoms with Crippen LogP contribution in [0.1, 0.15) is 46.3 Å². The van der Waals surface area contributed by atoms with Crippen LogP contribution in [-0.4, -0.2) is 23.7 Å². The van der Waals surface area contributed by atoms with Gasteiger partial charge >= 0.3 is 0 Å². The fourth-order valence-corrected chi connectivity index (χ4v) is 1.89. The van der Waals surface area contributed by atoms with E-state index >= 15 is 0 Å². The van der Waals surface area contributed by atoms with E-state index in [1.807, 2.05) is 13.1 Å². The van der Waals surface area contributed by atoms with E-state index in [0.29, 0.717) is 6.04 Å². The molecule has 0 amide bonds. The molecule has 0 spiro atoms. The lowest BCUT2D eigenvalue weighted by Crippen LogP contribution is -2.60. The summed E-state index contributed by atoms with van der Waals surface area (Å²) in [7, 11) is 1.97. The third-order valence-corrected chi connectivity index (χ3v) is 2.50. The number of hydrazine groups is 2. The molecule has 0 aliphatic carbocycles. The van der Waals surface area contributed by atoms with Crippen LogP contribution in [0.3, 0.4) is 0 Å². The third kappa shape index (κ3) is 5.70. The summed E-state index contributed by atoms with van der Waals surface area (Å²) in [6, 6.07) is 10.8. The van der Waals surface area contributed by atoms with Crippen molar-refractivity contribution in [2.45, 2.75) is 52.4 Å². The molecule has 0 radical (unpaired) electrons. The Balaban J connectivity index is 2.93. The fraction of sp³-hybridized carbons (Fsp3) is 0.600. The second-order valence-corrected chi connectivity index (χ2v) is 6.12. The zero-order valence-electron chi connectivity index (χ0n) is 13.0. The summed E-state index contributed by atoms with van der Waals surface area (Å²) in [6.45, 7) is 10.7. The van der Waals surface area contributed by atoms with E-state index in [-0.39, 0.29) is 11.7 Å². The minimum atomic E-state index is -0.00816. The van der Waals surface area contributed by atoms with Gasteiger partial charge in [-0.15, -0.1) is 0 Å². The molecule has 1 rings (SSSR count). The Kier molecular flexibility index (Phi) is 5.94. The second-order valence-electron chi connectivity index (χ2n) is 6.12. The van der Waals surface area contributed by atoms with Crippen LogP contribution in [0, 0.1) is 0 Å². The molecule has 3 N–H and O–H groups in total. The van der Waals surface area contributed by atoms with E-state index in [1.54, 1.807) is 0 Å². The van der Waals surface area contributed by atoms with Gasteiger partial charge in [0, 0.05) is 11.6 Å². The molecule has 0 fully saturated rings. The Bertz CT molecular complexity index is 356.